The SMILES string of the molecule is Cc1oc(=O)c(S(=O)Cc2ccccc2)nc1Cl. The van der Waals surface area contributed by atoms with Crippen LogP contribution in [0.25, 0.3) is 0 Å². The summed E-state index contributed by atoms with van der Waals surface area (Å²) in [5.41, 5.74) is 0.153. The quantitative estimate of drug-likeness (QED) is 0.867. The molecule has 1 atom stereocenters. The molecule has 0 saturated carbocycles. The Kier molecular flexibility index (Phi) is 3.93. The number of hydrogen-bond acceptors (Lipinski definition) is 4. The van der Waals surface area contributed by atoms with Gasteiger partial charge in [-0.25, -0.2) is 9.78 Å². The van der Waals surface area contributed by atoms with E-state index >= 15 is 0 Å². The van der Waals surface area contributed by atoms with Crippen LogP contribution in [0.2, 0.25) is 5.15 Å². The molecule has 0 fully saturated rings. The van der Waals surface area contributed by atoms with Gasteiger partial charge >= 0.3 is 5.63 Å². The van der Waals surface area contributed by atoms with E-state index in [1.54, 1.807) is 0 Å². The van der Waals surface area contributed by atoms with Gasteiger partial charge in [0.2, 0.25) is 5.03 Å². The summed E-state index contributed by atoms with van der Waals surface area (Å²) < 4.78 is 16.9. The highest BCUT2D eigenvalue weighted by Gasteiger charge is 2.15. The van der Waals surface area contributed by atoms with E-state index in [0.717, 1.165) is 5.56 Å². The number of halogens is 1. The van der Waals surface area contributed by atoms with E-state index in [-0.39, 0.29) is 21.7 Å². The molecule has 6 heteroatoms. The van der Waals surface area contributed by atoms with Crippen LogP contribution in [0.15, 0.2) is 44.6 Å². The molecule has 0 aliphatic heterocycles. The summed E-state index contributed by atoms with van der Waals surface area (Å²) in [6.45, 7) is 1.53. The number of nitrogens with zero attached hydrogens (tertiary/aromatic N) is 1. The predicted octanol–water partition coefficient (Wildman–Crippen LogP) is 2.30. The van der Waals surface area contributed by atoms with Crippen molar-refractivity contribution in [1.29, 1.82) is 0 Å². The fraction of sp³-hybridized carbons (Fsp3) is 0.167. The summed E-state index contributed by atoms with van der Waals surface area (Å²) >= 11 is 5.75. The van der Waals surface area contributed by atoms with E-state index in [4.69, 9.17) is 16.0 Å². The minimum absolute atomic E-state index is 0.0611. The Morgan fingerprint density at radius 1 is 1.33 bits per heavy atom. The molecular weight excluding hydrogens is 274 g/mol. The molecule has 0 aliphatic rings. The highest BCUT2D eigenvalue weighted by atomic mass is 35.5. The van der Waals surface area contributed by atoms with Crippen LogP contribution in [-0.2, 0) is 16.6 Å². The van der Waals surface area contributed by atoms with Crippen molar-refractivity contribution in [3.05, 3.63) is 57.2 Å². The van der Waals surface area contributed by atoms with Crippen molar-refractivity contribution in [3.63, 3.8) is 0 Å². The zero-order valence-electron chi connectivity index (χ0n) is 9.55. The maximum Gasteiger partial charge on any atom is 0.371 e. The fourth-order valence-electron chi connectivity index (χ4n) is 1.38. The highest BCUT2D eigenvalue weighted by molar-refractivity contribution is 7.84. The number of hydrogen-bond donors (Lipinski definition) is 0. The molecule has 2 rings (SSSR count). The molecule has 2 aromatic rings. The van der Waals surface area contributed by atoms with Gasteiger partial charge in [0.1, 0.15) is 5.76 Å². The Hall–Kier alpha value is -1.46. The minimum Gasteiger partial charge on any atom is -0.423 e. The molecule has 1 aromatic heterocycles. The molecule has 0 N–H and O–H groups in total. The van der Waals surface area contributed by atoms with Crippen LogP contribution in [0.1, 0.15) is 11.3 Å². The smallest absolute Gasteiger partial charge is 0.371 e. The molecule has 0 amide bonds. The van der Waals surface area contributed by atoms with Gasteiger partial charge in [0, 0.05) is 0 Å². The third kappa shape index (κ3) is 2.86. The van der Waals surface area contributed by atoms with Crippen molar-refractivity contribution in [3.8, 4) is 0 Å². The predicted molar refractivity (Wildman–Crippen MR) is 69.1 cm³/mol. The van der Waals surface area contributed by atoms with Gasteiger partial charge in [0.05, 0.1) is 16.6 Å². The van der Waals surface area contributed by atoms with E-state index in [1.165, 1.54) is 6.92 Å². The van der Waals surface area contributed by atoms with Crippen LogP contribution in [0.5, 0.6) is 0 Å². The van der Waals surface area contributed by atoms with Crippen LogP contribution >= 0.6 is 11.6 Å². The highest BCUT2D eigenvalue weighted by Crippen LogP contribution is 2.13. The molecule has 0 aliphatic carbocycles. The molecule has 94 valence electrons. The zero-order valence-corrected chi connectivity index (χ0v) is 11.1. The maximum atomic E-state index is 12.0. The van der Waals surface area contributed by atoms with E-state index in [2.05, 4.69) is 4.98 Å². The van der Waals surface area contributed by atoms with Crippen LogP contribution in [-0.4, -0.2) is 9.19 Å². The van der Waals surface area contributed by atoms with Gasteiger partial charge in [-0.1, -0.05) is 41.9 Å². The summed E-state index contributed by atoms with van der Waals surface area (Å²) in [5.74, 6) is 0.431. The molecule has 1 aromatic carbocycles. The Balaban J connectivity index is 2.30. The first-order valence-electron chi connectivity index (χ1n) is 5.17. The van der Waals surface area contributed by atoms with Crippen LogP contribution in [0.3, 0.4) is 0 Å². The van der Waals surface area contributed by atoms with E-state index in [0.29, 0.717) is 0 Å². The summed E-state index contributed by atoms with van der Waals surface area (Å²) in [6.07, 6.45) is 0. The van der Waals surface area contributed by atoms with Crippen LogP contribution in [0.4, 0.5) is 0 Å². The standard InChI is InChI=1S/C12H10ClNO3S/c1-8-10(13)14-11(12(15)17-8)18(16)7-9-5-3-2-4-6-9/h2-6H,7H2,1H3. The number of aryl methyl sites for hydroxylation is 1. The second kappa shape index (κ2) is 5.46. The molecule has 4 nitrogen and oxygen atoms in total. The molecule has 0 spiro atoms. The normalized spacial score (nSPS) is 12.3. The van der Waals surface area contributed by atoms with Crippen molar-refractivity contribution in [2.24, 2.45) is 0 Å². The molecule has 0 bridgehead atoms. The van der Waals surface area contributed by atoms with Crippen LogP contribution in [0, 0.1) is 6.92 Å². The summed E-state index contributed by atoms with van der Waals surface area (Å²) in [7, 11) is -1.57. The van der Waals surface area contributed by atoms with Crippen molar-refractivity contribution >= 4 is 22.4 Å². The van der Waals surface area contributed by atoms with Gasteiger partial charge < -0.3 is 4.42 Å². The first-order valence-corrected chi connectivity index (χ1v) is 6.87. The lowest BCUT2D eigenvalue weighted by Crippen LogP contribution is -2.14. The minimum atomic E-state index is -1.57. The maximum absolute atomic E-state index is 12.0. The fourth-order valence-corrected chi connectivity index (χ4v) is 2.60. The number of rotatable bonds is 3. The lowest BCUT2D eigenvalue weighted by atomic mass is 10.2. The van der Waals surface area contributed by atoms with E-state index in [1.807, 2.05) is 30.3 Å². The monoisotopic (exact) mass is 283 g/mol. The first kappa shape index (κ1) is 13.0. The Morgan fingerprint density at radius 3 is 2.67 bits per heavy atom. The summed E-state index contributed by atoms with van der Waals surface area (Å²) in [4.78, 5) is 15.4. The third-order valence-corrected chi connectivity index (χ3v) is 3.90. The van der Waals surface area contributed by atoms with Gasteiger partial charge in [-0.2, -0.15) is 0 Å². The molecule has 0 radical (unpaired) electrons. The zero-order chi connectivity index (χ0) is 13.1. The van der Waals surface area contributed by atoms with Crippen molar-refractivity contribution in [2.45, 2.75) is 17.7 Å². The third-order valence-electron chi connectivity index (χ3n) is 2.27. The second-order valence-corrected chi connectivity index (χ2v) is 5.35. The molecule has 18 heavy (non-hydrogen) atoms. The van der Waals surface area contributed by atoms with E-state index < -0.39 is 16.4 Å². The Morgan fingerprint density at radius 2 is 2.00 bits per heavy atom. The summed E-state index contributed by atoms with van der Waals surface area (Å²) in [5, 5.41) is -0.0829. The molecule has 1 unspecified atom stereocenters. The molecular formula is C12H10ClNO3S. The average Bonchev–Trinajstić information content (AvgIpc) is 2.35. The topological polar surface area (TPSA) is 60.2 Å². The lowest BCUT2D eigenvalue weighted by Gasteiger charge is -2.02. The molecule has 0 saturated heterocycles. The first-order chi connectivity index (χ1) is 8.58. The second-order valence-electron chi connectivity index (χ2n) is 3.63. The van der Waals surface area contributed by atoms with Gasteiger partial charge in [-0.3, -0.25) is 4.21 Å². The molecule has 1 heterocycles. The number of benzene rings is 1. The number of aromatic nitrogens is 1. The summed E-state index contributed by atoms with van der Waals surface area (Å²) in [6, 6.07) is 9.20. The Labute approximate surface area is 111 Å². The van der Waals surface area contributed by atoms with Crippen molar-refractivity contribution < 1.29 is 8.63 Å². The van der Waals surface area contributed by atoms with Gasteiger partial charge in [0.25, 0.3) is 0 Å². The van der Waals surface area contributed by atoms with E-state index in [9.17, 15) is 9.00 Å². The van der Waals surface area contributed by atoms with Crippen molar-refractivity contribution in [2.75, 3.05) is 0 Å². The van der Waals surface area contributed by atoms with Gasteiger partial charge in [0.15, 0.2) is 5.15 Å². The van der Waals surface area contributed by atoms with Crippen molar-refractivity contribution in [1.82, 2.24) is 4.98 Å². The van der Waals surface area contributed by atoms with Gasteiger partial charge in [-0.05, 0) is 12.5 Å². The Bertz CT molecular complexity index is 640. The largest absolute Gasteiger partial charge is 0.423 e. The van der Waals surface area contributed by atoms with Crippen LogP contribution < -0.4 is 5.63 Å². The lowest BCUT2D eigenvalue weighted by molar-refractivity contribution is 0.451. The van der Waals surface area contributed by atoms with Gasteiger partial charge in [-0.15, -0.1) is 0 Å². The average molecular weight is 284 g/mol.